The van der Waals surface area contributed by atoms with E-state index in [4.69, 9.17) is 9.47 Å². The van der Waals surface area contributed by atoms with E-state index in [1.807, 2.05) is 6.92 Å². The summed E-state index contributed by atoms with van der Waals surface area (Å²) in [5, 5.41) is 21.7. The highest BCUT2D eigenvalue weighted by atomic mass is 16.6. The monoisotopic (exact) mass is 405 g/mol. The minimum absolute atomic E-state index is 0.0803. The lowest BCUT2D eigenvalue weighted by Gasteiger charge is -2.61. The molecule has 0 aromatic heterocycles. The number of nitrogens with zero attached hydrogens (tertiary/aromatic N) is 1. The standard InChI is InChI=1S/C23H35NO5/c1-4-23(27)8-7-21(13-29-23)14-5-6-15-18(25)9-16-17(20(26)28-3)10-22(21,19(15)16)12-24(2)11-14/h14,16-18,25,27H,4-13H2,1-3H3/t14-,16-,17-,18+,21-,22-,23+/m1/s1. The van der Waals surface area contributed by atoms with Crippen LogP contribution in [0.4, 0.5) is 0 Å². The lowest BCUT2D eigenvalue weighted by Crippen LogP contribution is -2.64. The molecule has 162 valence electrons. The van der Waals surface area contributed by atoms with Crippen molar-refractivity contribution < 1.29 is 24.5 Å². The summed E-state index contributed by atoms with van der Waals surface area (Å²) in [6, 6.07) is 0. The Hall–Kier alpha value is -0.950. The van der Waals surface area contributed by atoms with Crippen LogP contribution >= 0.6 is 0 Å². The molecule has 5 rings (SSSR count). The summed E-state index contributed by atoms with van der Waals surface area (Å²) in [7, 11) is 3.66. The number of piperidine rings is 1. The first kappa shape index (κ1) is 20.0. The van der Waals surface area contributed by atoms with Gasteiger partial charge in [-0.05, 0) is 63.0 Å². The summed E-state index contributed by atoms with van der Waals surface area (Å²) in [5.74, 6) is -0.823. The van der Waals surface area contributed by atoms with Crippen molar-refractivity contribution in [3.8, 4) is 0 Å². The van der Waals surface area contributed by atoms with Gasteiger partial charge in [0.15, 0.2) is 5.79 Å². The van der Waals surface area contributed by atoms with E-state index in [0.717, 1.165) is 38.8 Å². The highest BCUT2D eigenvalue weighted by Crippen LogP contribution is 2.71. The van der Waals surface area contributed by atoms with E-state index in [1.165, 1.54) is 18.3 Å². The number of aliphatic hydroxyl groups is 2. The molecule has 5 aliphatic rings. The molecule has 6 heteroatoms. The lowest BCUT2D eigenvalue weighted by molar-refractivity contribution is -0.284. The summed E-state index contributed by atoms with van der Waals surface area (Å²) < 4.78 is 11.4. The second kappa shape index (κ2) is 6.52. The molecule has 7 atom stereocenters. The number of ether oxygens (including phenoxy) is 2. The predicted octanol–water partition coefficient (Wildman–Crippen LogP) is 2.09. The topological polar surface area (TPSA) is 79.2 Å². The molecule has 0 amide bonds. The third-order valence-corrected chi connectivity index (χ3v) is 9.35. The number of rotatable bonds is 2. The summed E-state index contributed by atoms with van der Waals surface area (Å²) in [6.45, 7) is 4.43. The first-order valence-corrected chi connectivity index (χ1v) is 11.3. The zero-order chi connectivity index (χ0) is 20.6. The van der Waals surface area contributed by atoms with Gasteiger partial charge in [-0.25, -0.2) is 0 Å². The molecule has 6 nitrogen and oxygen atoms in total. The third kappa shape index (κ3) is 2.52. The quantitative estimate of drug-likeness (QED) is 0.541. The van der Waals surface area contributed by atoms with E-state index in [0.29, 0.717) is 31.8 Å². The van der Waals surface area contributed by atoms with Gasteiger partial charge in [0.25, 0.3) is 0 Å². The van der Waals surface area contributed by atoms with Crippen LogP contribution in [-0.2, 0) is 14.3 Å². The molecule has 3 fully saturated rings. The second-order valence-electron chi connectivity index (χ2n) is 10.4. The minimum Gasteiger partial charge on any atom is -0.469 e. The summed E-state index contributed by atoms with van der Waals surface area (Å²) >= 11 is 0. The number of methoxy groups -OCH3 is 1. The van der Waals surface area contributed by atoms with E-state index in [2.05, 4.69) is 11.9 Å². The van der Waals surface area contributed by atoms with Crippen molar-refractivity contribution in [2.45, 2.75) is 63.8 Å². The van der Waals surface area contributed by atoms with Gasteiger partial charge < -0.3 is 24.6 Å². The van der Waals surface area contributed by atoms with Crippen molar-refractivity contribution in [1.29, 1.82) is 0 Å². The minimum atomic E-state index is -1.03. The highest BCUT2D eigenvalue weighted by Gasteiger charge is 2.70. The fourth-order valence-corrected chi connectivity index (χ4v) is 8.02. The zero-order valence-electron chi connectivity index (χ0n) is 17.9. The molecular weight excluding hydrogens is 370 g/mol. The Balaban J connectivity index is 1.66. The fraction of sp³-hybridized carbons (Fsp3) is 0.870. The lowest BCUT2D eigenvalue weighted by atomic mass is 9.50. The van der Waals surface area contributed by atoms with Crippen LogP contribution in [-0.4, -0.2) is 66.8 Å². The Morgan fingerprint density at radius 1 is 1.38 bits per heavy atom. The van der Waals surface area contributed by atoms with Crippen LogP contribution in [0.15, 0.2) is 11.1 Å². The molecule has 2 spiro atoms. The Morgan fingerprint density at radius 2 is 2.17 bits per heavy atom. The molecule has 2 N–H and O–H groups in total. The molecule has 0 aromatic carbocycles. The Labute approximate surface area is 173 Å². The van der Waals surface area contributed by atoms with Crippen LogP contribution in [0, 0.1) is 28.6 Å². The normalized spacial score (nSPS) is 49.3. The maximum atomic E-state index is 12.8. The van der Waals surface area contributed by atoms with Crippen molar-refractivity contribution in [1.82, 2.24) is 4.90 Å². The van der Waals surface area contributed by atoms with E-state index < -0.39 is 11.9 Å². The Bertz CT molecular complexity index is 740. The van der Waals surface area contributed by atoms with Gasteiger partial charge in [0.2, 0.25) is 0 Å². The average Bonchev–Trinajstić information content (AvgIpc) is 3.18. The van der Waals surface area contributed by atoms with Crippen LogP contribution in [0.2, 0.25) is 0 Å². The molecule has 0 radical (unpaired) electrons. The Kier molecular flexibility index (Phi) is 4.49. The molecule has 1 saturated carbocycles. The number of aliphatic hydroxyl groups excluding tert-OH is 1. The van der Waals surface area contributed by atoms with Crippen LogP contribution < -0.4 is 0 Å². The van der Waals surface area contributed by atoms with E-state index in [1.54, 1.807) is 0 Å². The Morgan fingerprint density at radius 3 is 2.83 bits per heavy atom. The smallest absolute Gasteiger partial charge is 0.309 e. The van der Waals surface area contributed by atoms with Crippen molar-refractivity contribution in [2.75, 3.05) is 33.9 Å². The summed E-state index contributed by atoms with van der Waals surface area (Å²) in [6.07, 6.45) is 5.12. The van der Waals surface area contributed by atoms with Gasteiger partial charge in [-0.1, -0.05) is 12.5 Å². The predicted molar refractivity (Wildman–Crippen MR) is 107 cm³/mol. The summed E-state index contributed by atoms with van der Waals surface area (Å²) in [4.78, 5) is 15.2. The van der Waals surface area contributed by atoms with Gasteiger partial charge in [0.05, 0.1) is 25.7 Å². The van der Waals surface area contributed by atoms with Crippen molar-refractivity contribution >= 4 is 5.97 Å². The van der Waals surface area contributed by atoms with E-state index >= 15 is 0 Å². The second-order valence-corrected chi connectivity index (χ2v) is 10.4. The third-order valence-electron chi connectivity index (χ3n) is 9.35. The van der Waals surface area contributed by atoms with Gasteiger partial charge >= 0.3 is 5.97 Å². The SMILES string of the molecule is CC[C@@]1(O)CC[C@@]2(CO1)[C@@H]1CCC3=C4[C@H](C[C@@H]3O)[C@H](C(=O)OC)C[C@@]42CN(C)C1. The number of carbonyl (C=O) groups excluding carboxylic acids is 1. The van der Waals surface area contributed by atoms with Gasteiger partial charge in [-0.2, -0.15) is 0 Å². The molecular formula is C23H35NO5. The van der Waals surface area contributed by atoms with Crippen molar-refractivity contribution in [3.63, 3.8) is 0 Å². The van der Waals surface area contributed by atoms with Crippen molar-refractivity contribution in [2.24, 2.45) is 28.6 Å². The maximum Gasteiger partial charge on any atom is 0.309 e. The molecule has 2 bridgehead atoms. The first-order valence-electron chi connectivity index (χ1n) is 11.3. The fourth-order valence-electron chi connectivity index (χ4n) is 8.02. The summed E-state index contributed by atoms with van der Waals surface area (Å²) in [5.41, 5.74) is 2.31. The van der Waals surface area contributed by atoms with Crippen LogP contribution in [0.1, 0.15) is 51.9 Å². The van der Waals surface area contributed by atoms with E-state index in [9.17, 15) is 15.0 Å². The van der Waals surface area contributed by atoms with Crippen LogP contribution in [0.25, 0.3) is 0 Å². The first-order chi connectivity index (χ1) is 13.8. The molecule has 3 aliphatic carbocycles. The van der Waals surface area contributed by atoms with Crippen LogP contribution in [0.3, 0.4) is 0 Å². The maximum absolute atomic E-state index is 12.8. The molecule has 0 unspecified atom stereocenters. The zero-order valence-corrected chi connectivity index (χ0v) is 17.9. The van der Waals surface area contributed by atoms with Crippen LogP contribution in [0.5, 0.6) is 0 Å². The number of hydrogen-bond acceptors (Lipinski definition) is 6. The number of carbonyl (C=O) groups is 1. The van der Waals surface area contributed by atoms with Gasteiger partial charge in [-0.15, -0.1) is 0 Å². The molecule has 2 aliphatic heterocycles. The van der Waals surface area contributed by atoms with E-state index in [-0.39, 0.29) is 28.6 Å². The molecule has 2 heterocycles. The van der Waals surface area contributed by atoms with Gasteiger partial charge in [-0.3, -0.25) is 4.79 Å². The van der Waals surface area contributed by atoms with Crippen molar-refractivity contribution in [3.05, 3.63) is 11.1 Å². The van der Waals surface area contributed by atoms with Gasteiger partial charge in [0.1, 0.15) is 0 Å². The number of hydrogen-bond donors (Lipinski definition) is 2. The molecule has 0 aromatic rings. The largest absolute Gasteiger partial charge is 0.469 e. The molecule has 2 saturated heterocycles. The number of esters is 1. The van der Waals surface area contributed by atoms with Gasteiger partial charge in [0, 0.05) is 30.3 Å². The highest BCUT2D eigenvalue weighted by molar-refractivity contribution is 5.75. The average molecular weight is 406 g/mol. The molecule has 29 heavy (non-hydrogen) atoms. The number of likely N-dealkylation sites (tertiary alicyclic amines) is 1.